The molecule has 2 aromatic carbocycles. The summed E-state index contributed by atoms with van der Waals surface area (Å²) < 4.78 is 12.3. The van der Waals surface area contributed by atoms with Crippen molar-refractivity contribution in [2.24, 2.45) is 10.9 Å². The van der Waals surface area contributed by atoms with E-state index in [1.165, 1.54) is 0 Å². The maximum Gasteiger partial charge on any atom is 0.341 e. The first-order valence-electron chi connectivity index (χ1n) is 9.16. The van der Waals surface area contributed by atoms with Crippen molar-refractivity contribution in [1.29, 1.82) is 0 Å². The number of aromatic nitrogens is 1. The molecule has 0 aliphatic carbocycles. The highest BCUT2D eigenvalue weighted by atomic mass is 79.9. The summed E-state index contributed by atoms with van der Waals surface area (Å²) in [6.45, 7) is 1.95. The Bertz CT molecular complexity index is 1110. The van der Waals surface area contributed by atoms with Gasteiger partial charge in [0.15, 0.2) is 12.3 Å². The number of benzene rings is 2. The van der Waals surface area contributed by atoms with Gasteiger partial charge < -0.3 is 24.1 Å². The average molecular weight is 474 g/mol. The van der Waals surface area contributed by atoms with Crippen LogP contribution in [0.2, 0.25) is 0 Å². The van der Waals surface area contributed by atoms with Gasteiger partial charge in [0.25, 0.3) is 5.91 Å². The van der Waals surface area contributed by atoms with E-state index in [2.05, 4.69) is 25.3 Å². The second-order valence-corrected chi connectivity index (χ2v) is 6.74. The Hall–Kier alpha value is -3.33. The lowest BCUT2D eigenvalue weighted by atomic mass is 10.0. The molecule has 3 N–H and O–H groups in total. The molecule has 0 saturated carbocycles. The number of aliphatic carboxylic acids is 1. The Morgan fingerprint density at radius 2 is 1.90 bits per heavy atom. The summed E-state index contributed by atoms with van der Waals surface area (Å²) in [6.07, 6.45) is 0.559. The van der Waals surface area contributed by atoms with Gasteiger partial charge >= 0.3 is 5.97 Å². The van der Waals surface area contributed by atoms with E-state index < -0.39 is 18.5 Å². The van der Waals surface area contributed by atoms with Crippen LogP contribution < -0.4 is 10.5 Å². The maximum atomic E-state index is 12.2. The Morgan fingerprint density at radius 3 is 2.50 bits per heavy atom. The number of fused-ring (bicyclic) bond motifs is 1. The number of amides is 1. The van der Waals surface area contributed by atoms with Crippen LogP contribution in [-0.2, 0) is 26.5 Å². The molecular weight excluding hydrogens is 454 g/mol. The molecule has 0 aliphatic heterocycles. The van der Waals surface area contributed by atoms with Gasteiger partial charge in [-0.25, -0.2) is 4.79 Å². The van der Waals surface area contributed by atoms with Gasteiger partial charge in [0.2, 0.25) is 16.3 Å². The molecular formula is C21H20BrN3O5. The van der Waals surface area contributed by atoms with Crippen molar-refractivity contribution in [1.82, 2.24) is 4.57 Å². The van der Waals surface area contributed by atoms with E-state index in [9.17, 15) is 9.59 Å². The topological polar surface area (TPSA) is 116 Å². The fourth-order valence-corrected chi connectivity index (χ4v) is 3.64. The number of nitrogens with zero attached hydrogens (tertiary/aromatic N) is 2. The second-order valence-electron chi connectivity index (χ2n) is 6.45. The molecule has 3 rings (SSSR count). The molecule has 0 aliphatic rings. The summed E-state index contributed by atoms with van der Waals surface area (Å²) in [6, 6.07) is 15.1. The molecule has 0 unspecified atom stereocenters. The number of halogens is 1. The number of hydrogen-bond acceptors (Lipinski definition) is 5. The molecule has 1 aromatic heterocycles. The zero-order chi connectivity index (χ0) is 21.7. The fourth-order valence-electron chi connectivity index (χ4n) is 3.50. The number of hydrogen-bond donors (Lipinski definition) is 2. The van der Waals surface area contributed by atoms with E-state index >= 15 is 0 Å². The number of nitrogens with two attached hydrogens (primary N) is 1. The second kappa shape index (κ2) is 9.45. The highest BCUT2D eigenvalue weighted by Crippen LogP contribution is 2.35. The largest absolute Gasteiger partial charge is 0.481 e. The van der Waals surface area contributed by atoms with Crippen LogP contribution in [0.3, 0.4) is 0 Å². The number of oxime groups is 1. The Labute approximate surface area is 181 Å². The molecule has 156 valence electrons. The van der Waals surface area contributed by atoms with Gasteiger partial charge in [-0.3, -0.25) is 4.79 Å². The smallest absolute Gasteiger partial charge is 0.341 e. The van der Waals surface area contributed by atoms with Gasteiger partial charge in [0.05, 0.1) is 10.9 Å². The Kier molecular flexibility index (Phi) is 6.73. The predicted molar refractivity (Wildman–Crippen MR) is 116 cm³/mol. The number of carboxylic acid groups (broad SMARTS) is 1. The zero-order valence-electron chi connectivity index (χ0n) is 16.2. The number of carbonyl (C=O) groups is 2. The lowest BCUT2D eigenvalue weighted by Gasteiger charge is -2.11. The monoisotopic (exact) mass is 473 g/mol. The summed E-state index contributed by atoms with van der Waals surface area (Å²) in [5.74, 6) is -1.58. The highest BCUT2D eigenvalue weighted by molar-refractivity contribution is 9.06. The number of carbonyl (C=O) groups excluding carboxylic acids is 1. The predicted octanol–water partition coefficient (Wildman–Crippen LogP) is 3.23. The molecule has 8 nitrogen and oxygen atoms in total. The van der Waals surface area contributed by atoms with Crippen LogP contribution in [0.4, 0.5) is 0 Å². The first-order chi connectivity index (χ1) is 14.5. The zero-order valence-corrected chi connectivity index (χ0v) is 17.8. The van der Waals surface area contributed by atoms with Crippen LogP contribution in [-0.4, -0.2) is 33.9 Å². The molecule has 1 amide bonds. The summed E-state index contributed by atoms with van der Waals surface area (Å²) in [5, 5.41) is 13.4. The van der Waals surface area contributed by atoms with E-state index in [0.29, 0.717) is 29.7 Å². The number of primary amides is 1. The van der Waals surface area contributed by atoms with Crippen LogP contribution in [0.15, 0.2) is 53.7 Å². The average Bonchev–Trinajstić information content (AvgIpc) is 3.04. The molecule has 0 fully saturated rings. The van der Waals surface area contributed by atoms with Crippen molar-refractivity contribution in [2.45, 2.75) is 19.9 Å². The SMILES string of the molecule is CCc1c(/C(=N/OBr)C(N)=O)c2c(OCC(=O)O)cccc2n1Cc1ccccc1. The maximum absolute atomic E-state index is 12.2. The minimum absolute atomic E-state index is 0.0908. The minimum Gasteiger partial charge on any atom is -0.481 e. The Balaban J connectivity index is 2.33. The molecule has 0 saturated heterocycles. The molecule has 0 bridgehead atoms. The van der Waals surface area contributed by atoms with E-state index in [4.69, 9.17) is 15.6 Å². The summed E-state index contributed by atoms with van der Waals surface area (Å²) >= 11 is 2.74. The van der Waals surface area contributed by atoms with Crippen molar-refractivity contribution in [2.75, 3.05) is 6.61 Å². The summed E-state index contributed by atoms with van der Waals surface area (Å²) in [7, 11) is 0. The van der Waals surface area contributed by atoms with Crippen molar-refractivity contribution in [3.05, 3.63) is 65.4 Å². The van der Waals surface area contributed by atoms with Crippen molar-refractivity contribution < 1.29 is 23.4 Å². The quantitative estimate of drug-likeness (QED) is 0.365. The molecule has 0 atom stereocenters. The third-order valence-corrected chi connectivity index (χ3v) is 4.77. The van der Waals surface area contributed by atoms with Crippen LogP contribution in [0, 0.1) is 0 Å². The van der Waals surface area contributed by atoms with Gasteiger partial charge in [-0.15, -0.1) is 0 Å². The van der Waals surface area contributed by atoms with E-state index in [-0.39, 0.29) is 5.71 Å². The highest BCUT2D eigenvalue weighted by Gasteiger charge is 2.27. The van der Waals surface area contributed by atoms with E-state index in [0.717, 1.165) is 16.8 Å². The standard InChI is InChI=1S/C21H20BrN3O5/c1-2-14-19(20(21(23)28)24-30-22)18-15(9-6-10-16(18)29-12-17(26)27)25(14)11-13-7-4-3-5-8-13/h3-10H,2,11-12H2,1H3,(H2,23,28)(H,26,27)/b24-20-. The van der Waals surface area contributed by atoms with Crippen LogP contribution in [0.5, 0.6) is 5.75 Å². The van der Waals surface area contributed by atoms with Crippen molar-refractivity contribution >= 4 is 44.7 Å². The Morgan fingerprint density at radius 1 is 1.17 bits per heavy atom. The number of carboxylic acids is 1. The van der Waals surface area contributed by atoms with E-state index in [1.807, 2.05) is 47.9 Å². The van der Waals surface area contributed by atoms with Gasteiger partial charge in [0.1, 0.15) is 5.75 Å². The van der Waals surface area contributed by atoms with Crippen molar-refractivity contribution in [3.63, 3.8) is 0 Å². The van der Waals surface area contributed by atoms with Crippen LogP contribution in [0.25, 0.3) is 10.9 Å². The van der Waals surface area contributed by atoms with E-state index in [1.54, 1.807) is 12.1 Å². The van der Waals surface area contributed by atoms with Gasteiger partial charge in [-0.2, -0.15) is 0 Å². The molecule has 1 heterocycles. The molecule has 0 radical (unpaired) electrons. The summed E-state index contributed by atoms with van der Waals surface area (Å²) in [4.78, 5) is 23.2. The first kappa shape index (κ1) is 21.4. The molecule has 9 heteroatoms. The van der Waals surface area contributed by atoms with Crippen LogP contribution >= 0.6 is 16.3 Å². The third-order valence-electron chi connectivity index (χ3n) is 4.62. The van der Waals surface area contributed by atoms with Crippen molar-refractivity contribution in [3.8, 4) is 5.75 Å². The van der Waals surface area contributed by atoms with Gasteiger partial charge in [0, 0.05) is 17.8 Å². The first-order valence-corrected chi connectivity index (χ1v) is 9.81. The summed E-state index contributed by atoms with van der Waals surface area (Å²) in [5.41, 5.74) is 8.57. The fraction of sp³-hybridized carbons (Fsp3) is 0.190. The molecule has 30 heavy (non-hydrogen) atoms. The lowest BCUT2D eigenvalue weighted by Crippen LogP contribution is -2.25. The van der Waals surface area contributed by atoms with Gasteiger partial charge in [-0.05, 0) is 24.1 Å². The normalized spacial score (nSPS) is 11.5. The lowest BCUT2D eigenvalue weighted by molar-refractivity contribution is -0.139. The number of ether oxygens (including phenoxy) is 1. The molecule has 3 aromatic rings. The molecule has 0 spiro atoms. The minimum atomic E-state index is -1.11. The van der Waals surface area contributed by atoms with Crippen LogP contribution in [0.1, 0.15) is 23.7 Å². The number of rotatable bonds is 9. The third kappa shape index (κ3) is 4.30. The van der Waals surface area contributed by atoms with Gasteiger partial charge in [-0.1, -0.05) is 48.5 Å².